The predicted molar refractivity (Wildman–Crippen MR) is 57.3 cm³/mol. The lowest BCUT2D eigenvalue weighted by molar-refractivity contribution is -0.344. The summed E-state index contributed by atoms with van der Waals surface area (Å²) in [5.74, 6) is -10.7. The van der Waals surface area contributed by atoms with E-state index in [4.69, 9.17) is 0 Å². The minimum Gasteiger partial charge on any atom is -0.194 e. The van der Waals surface area contributed by atoms with Crippen molar-refractivity contribution in [3.63, 3.8) is 0 Å². The third kappa shape index (κ3) is 3.55. The summed E-state index contributed by atoms with van der Waals surface area (Å²) in [6.07, 6.45) is -6.10. The van der Waals surface area contributed by atoms with Crippen LogP contribution in [0.4, 0.5) is 30.7 Å². The molecular weight excluding hydrogens is 285 g/mol. The highest BCUT2D eigenvalue weighted by Crippen LogP contribution is 2.50. The van der Waals surface area contributed by atoms with Crippen molar-refractivity contribution >= 4 is 11.8 Å². The average molecular weight is 298 g/mol. The first-order chi connectivity index (χ1) is 8.02. The summed E-state index contributed by atoms with van der Waals surface area (Å²) >= 11 is 1.15. The Hall–Kier alpha value is -0.400. The third-order valence-corrected chi connectivity index (χ3v) is 3.00. The van der Waals surface area contributed by atoms with Gasteiger partial charge < -0.3 is 0 Å². The quantitative estimate of drug-likeness (QED) is 0.381. The van der Waals surface area contributed by atoms with Crippen LogP contribution in [-0.4, -0.2) is 29.5 Å². The topological polar surface area (TPSA) is 0 Å². The van der Waals surface area contributed by atoms with Gasteiger partial charge in [-0.15, -0.1) is 0 Å². The summed E-state index contributed by atoms with van der Waals surface area (Å²) in [6, 6.07) is 0. The number of halogens is 7. The predicted octanol–water partition coefficient (Wildman–Crippen LogP) is 4.91. The van der Waals surface area contributed by atoms with E-state index in [1.165, 1.54) is 0 Å². The molecule has 18 heavy (non-hydrogen) atoms. The summed E-state index contributed by atoms with van der Waals surface area (Å²) in [6.45, 7) is 2.83. The van der Waals surface area contributed by atoms with E-state index in [-0.39, 0.29) is 5.75 Å². The molecule has 0 aliphatic carbocycles. The zero-order valence-electron chi connectivity index (χ0n) is 9.75. The first-order valence-corrected chi connectivity index (χ1v) is 6.27. The van der Waals surface area contributed by atoms with Crippen molar-refractivity contribution in [2.45, 2.75) is 38.3 Å². The summed E-state index contributed by atoms with van der Waals surface area (Å²) in [5.41, 5.74) is -1.19. The molecule has 0 bridgehead atoms. The van der Waals surface area contributed by atoms with Gasteiger partial charge >= 0.3 is 18.0 Å². The maximum atomic E-state index is 13.2. The molecule has 0 unspecified atom stereocenters. The molecule has 0 aliphatic rings. The lowest BCUT2D eigenvalue weighted by Crippen LogP contribution is -2.52. The molecule has 0 saturated heterocycles. The highest BCUT2D eigenvalue weighted by atomic mass is 32.2. The van der Waals surface area contributed by atoms with Gasteiger partial charge in [0.15, 0.2) is 0 Å². The SMILES string of the molecule is CCSCC=C(CC)C(F)(F)C(F)(F)C(F)(F)F. The highest BCUT2D eigenvalue weighted by molar-refractivity contribution is 7.99. The van der Waals surface area contributed by atoms with Crippen LogP contribution >= 0.6 is 11.8 Å². The van der Waals surface area contributed by atoms with Crippen molar-refractivity contribution in [3.05, 3.63) is 11.6 Å². The van der Waals surface area contributed by atoms with Crippen LogP contribution in [0.1, 0.15) is 20.3 Å². The lowest BCUT2D eigenvalue weighted by Gasteiger charge is -2.29. The second kappa shape index (κ2) is 6.16. The third-order valence-electron chi connectivity index (χ3n) is 2.19. The molecule has 0 aromatic rings. The molecule has 0 fully saturated rings. The van der Waals surface area contributed by atoms with Crippen molar-refractivity contribution < 1.29 is 30.7 Å². The minimum atomic E-state index is -6.28. The number of alkyl halides is 7. The van der Waals surface area contributed by atoms with Gasteiger partial charge in [0.25, 0.3) is 0 Å². The molecule has 0 aliphatic heterocycles. The second-order valence-electron chi connectivity index (χ2n) is 3.39. The zero-order chi connectivity index (χ0) is 14.6. The van der Waals surface area contributed by atoms with Crippen LogP contribution in [-0.2, 0) is 0 Å². The molecule has 0 N–H and O–H groups in total. The molecule has 0 radical (unpaired) electrons. The van der Waals surface area contributed by atoms with E-state index in [1.807, 2.05) is 0 Å². The molecule has 0 amide bonds. The zero-order valence-corrected chi connectivity index (χ0v) is 10.6. The Balaban J connectivity index is 5.26. The summed E-state index contributed by atoms with van der Waals surface area (Å²) in [7, 11) is 0. The van der Waals surface area contributed by atoms with Gasteiger partial charge in [0.2, 0.25) is 0 Å². The Morgan fingerprint density at radius 2 is 1.50 bits per heavy atom. The molecule has 0 saturated carbocycles. The maximum absolute atomic E-state index is 13.2. The fraction of sp³-hybridized carbons (Fsp3) is 0.800. The molecule has 108 valence electrons. The van der Waals surface area contributed by atoms with E-state index in [9.17, 15) is 30.7 Å². The molecule has 0 rings (SSSR count). The van der Waals surface area contributed by atoms with Crippen molar-refractivity contribution in [3.8, 4) is 0 Å². The summed E-state index contributed by atoms with van der Waals surface area (Å²) in [5, 5.41) is 0. The van der Waals surface area contributed by atoms with E-state index in [0.29, 0.717) is 5.75 Å². The van der Waals surface area contributed by atoms with E-state index < -0.39 is 30.0 Å². The van der Waals surface area contributed by atoms with E-state index in [1.54, 1.807) is 6.92 Å². The number of thioether (sulfide) groups is 1. The standard InChI is InChI=1S/C10H13F7S/c1-3-7(5-6-18-4-2)8(11,12)9(13,14)10(15,16)17/h5H,3-4,6H2,1-2H3. The molecule has 0 spiro atoms. The Morgan fingerprint density at radius 3 is 1.83 bits per heavy atom. The van der Waals surface area contributed by atoms with E-state index in [2.05, 4.69) is 0 Å². The van der Waals surface area contributed by atoms with Crippen molar-refractivity contribution in [1.29, 1.82) is 0 Å². The lowest BCUT2D eigenvalue weighted by atomic mass is 9.99. The first kappa shape index (κ1) is 17.6. The van der Waals surface area contributed by atoms with Crippen molar-refractivity contribution in [1.82, 2.24) is 0 Å². The van der Waals surface area contributed by atoms with Crippen LogP contribution in [0.2, 0.25) is 0 Å². The van der Waals surface area contributed by atoms with Crippen LogP contribution < -0.4 is 0 Å². The molecule has 0 aromatic heterocycles. The Bertz CT molecular complexity index is 293. The Kier molecular flexibility index (Phi) is 6.03. The van der Waals surface area contributed by atoms with Gasteiger partial charge in [0, 0.05) is 11.3 Å². The van der Waals surface area contributed by atoms with Crippen LogP contribution in [0.3, 0.4) is 0 Å². The number of hydrogen-bond donors (Lipinski definition) is 0. The van der Waals surface area contributed by atoms with Gasteiger partial charge in [-0.25, -0.2) is 0 Å². The van der Waals surface area contributed by atoms with E-state index >= 15 is 0 Å². The molecule has 0 heterocycles. The number of allylic oxidation sites excluding steroid dienone is 1. The van der Waals surface area contributed by atoms with Gasteiger partial charge in [-0.1, -0.05) is 19.9 Å². The van der Waals surface area contributed by atoms with Gasteiger partial charge in [0.05, 0.1) is 0 Å². The molecule has 0 atom stereocenters. The average Bonchev–Trinajstić information content (AvgIpc) is 2.22. The maximum Gasteiger partial charge on any atom is 0.460 e. The largest absolute Gasteiger partial charge is 0.460 e. The van der Waals surface area contributed by atoms with Gasteiger partial charge in [-0.2, -0.15) is 42.5 Å². The minimum absolute atomic E-state index is 0.0246. The van der Waals surface area contributed by atoms with Gasteiger partial charge in [-0.3, -0.25) is 0 Å². The molecule has 8 heteroatoms. The van der Waals surface area contributed by atoms with Crippen LogP contribution in [0.15, 0.2) is 11.6 Å². The normalized spacial score (nSPS) is 15.1. The fourth-order valence-electron chi connectivity index (χ4n) is 1.15. The fourth-order valence-corrected chi connectivity index (χ4v) is 1.71. The Labute approximate surface area is 105 Å². The monoisotopic (exact) mass is 298 g/mol. The van der Waals surface area contributed by atoms with E-state index in [0.717, 1.165) is 24.8 Å². The second-order valence-corrected chi connectivity index (χ2v) is 4.71. The first-order valence-electron chi connectivity index (χ1n) is 5.11. The summed E-state index contributed by atoms with van der Waals surface area (Å²) < 4.78 is 87.8. The van der Waals surface area contributed by atoms with Gasteiger partial charge in [0.1, 0.15) is 0 Å². The van der Waals surface area contributed by atoms with Crippen LogP contribution in [0.25, 0.3) is 0 Å². The molecule has 0 aromatic carbocycles. The number of rotatable bonds is 6. The smallest absolute Gasteiger partial charge is 0.194 e. The van der Waals surface area contributed by atoms with Crippen molar-refractivity contribution in [2.24, 2.45) is 0 Å². The molecular formula is C10H13F7S. The van der Waals surface area contributed by atoms with Crippen LogP contribution in [0.5, 0.6) is 0 Å². The Morgan fingerprint density at radius 1 is 1.00 bits per heavy atom. The number of hydrogen-bond acceptors (Lipinski definition) is 1. The molecule has 0 nitrogen and oxygen atoms in total. The summed E-state index contributed by atoms with van der Waals surface area (Å²) in [4.78, 5) is 0. The van der Waals surface area contributed by atoms with Crippen LogP contribution in [0, 0.1) is 0 Å². The highest BCUT2D eigenvalue weighted by Gasteiger charge is 2.73. The van der Waals surface area contributed by atoms with Crippen molar-refractivity contribution in [2.75, 3.05) is 11.5 Å². The van der Waals surface area contributed by atoms with Gasteiger partial charge in [-0.05, 0) is 12.2 Å².